The average Bonchev–Trinajstić information content (AvgIpc) is 3.02. The predicted molar refractivity (Wildman–Crippen MR) is 88.3 cm³/mol. The molecule has 0 aliphatic rings. The van der Waals surface area contributed by atoms with Crippen LogP contribution in [0.25, 0.3) is 11.3 Å². The summed E-state index contributed by atoms with van der Waals surface area (Å²) in [5.74, 6) is -1.73. The van der Waals surface area contributed by atoms with Crippen LogP contribution in [0.5, 0.6) is 0 Å². The maximum atomic E-state index is 13.6. The summed E-state index contributed by atoms with van der Waals surface area (Å²) in [6.45, 7) is 0.289. The number of aryl methyl sites for hydroxylation is 1. The number of amides is 1. The minimum Gasteiger partial charge on any atom is -0.352 e. The van der Waals surface area contributed by atoms with Crippen LogP contribution in [-0.4, -0.2) is 20.7 Å². The highest BCUT2D eigenvalue weighted by Crippen LogP contribution is 2.16. The Kier molecular flexibility index (Phi) is 4.83. The minimum atomic E-state index is -0.724. The molecule has 1 N–H and O–H groups in total. The Labute approximate surface area is 143 Å². The zero-order valence-electron chi connectivity index (χ0n) is 13.5. The Hall–Kier alpha value is -3.09. The van der Waals surface area contributed by atoms with E-state index < -0.39 is 11.6 Å². The molecule has 0 aliphatic heterocycles. The number of carbonyl (C=O) groups excluding carboxylic acids is 1. The molecule has 128 valence electrons. The maximum Gasteiger partial charge on any atom is 0.224 e. The van der Waals surface area contributed by atoms with Gasteiger partial charge in [0.1, 0.15) is 11.6 Å². The van der Waals surface area contributed by atoms with Crippen molar-refractivity contribution in [2.45, 2.75) is 13.0 Å². The molecule has 0 bridgehead atoms. The Bertz CT molecular complexity index is 908. The lowest BCUT2D eigenvalue weighted by Gasteiger charge is -2.07. The average molecular weight is 342 g/mol. The SMILES string of the molecule is Cn1cc(-c2cc(CNC(=O)Cc3ccc(F)cc3F)ccn2)cn1. The van der Waals surface area contributed by atoms with Crippen molar-refractivity contribution in [1.82, 2.24) is 20.1 Å². The molecule has 0 spiro atoms. The van der Waals surface area contributed by atoms with Crippen molar-refractivity contribution in [3.8, 4) is 11.3 Å². The molecule has 0 aliphatic carbocycles. The lowest BCUT2D eigenvalue weighted by atomic mass is 10.1. The Balaban J connectivity index is 1.62. The highest BCUT2D eigenvalue weighted by Gasteiger charge is 2.10. The molecule has 0 unspecified atom stereocenters. The number of nitrogens with zero attached hydrogens (tertiary/aromatic N) is 3. The van der Waals surface area contributed by atoms with Gasteiger partial charge in [0.25, 0.3) is 0 Å². The number of rotatable bonds is 5. The molecule has 1 aromatic carbocycles. The van der Waals surface area contributed by atoms with Crippen LogP contribution in [0.3, 0.4) is 0 Å². The summed E-state index contributed by atoms with van der Waals surface area (Å²) in [6, 6.07) is 6.83. The summed E-state index contributed by atoms with van der Waals surface area (Å²) in [5, 5.41) is 6.83. The smallest absolute Gasteiger partial charge is 0.224 e. The van der Waals surface area contributed by atoms with Crippen molar-refractivity contribution < 1.29 is 13.6 Å². The fourth-order valence-corrected chi connectivity index (χ4v) is 2.40. The van der Waals surface area contributed by atoms with Gasteiger partial charge in [0.15, 0.2) is 0 Å². The number of carbonyl (C=O) groups is 1. The quantitative estimate of drug-likeness (QED) is 0.775. The van der Waals surface area contributed by atoms with Gasteiger partial charge in [0.05, 0.1) is 18.3 Å². The topological polar surface area (TPSA) is 59.8 Å². The third kappa shape index (κ3) is 4.26. The molecule has 3 aromatic rings. The molecule has 1 amide bonds. The lowest BCUT2D eigenvalue weighted by Crippen LogP contribution is -2.25. The summed E-state index contributed by atoms with van der Waals surface area (Å²) < 4.78 is 28.1. The summed E-state index contributed by atoms with van der Waals surface area (Å²) >= 11 is 0. The fraction of sp³-hybridized carbons (Fsp3) is 0.167. The number of nitrogens with one attached hydrogen (secondary N) is 1. The second kappa shape index (κ2) is 7.21. The fourth-order valence-electron chi connectivity index (χ4n) is 2.40. The van der Waals surface area contributed by atoms with Gasteiger partial charge in [0.2, 0.25) is 5.91 Å². The van der Waals surface area contributed by atoms with Crippen molar-refractivity contribution in [3.05, 3.63) is 71.7 Å². The molecule has 7 heteroatoms. The zero-order valence-corrected chi connectivity index (χ0v) is 13.5. The van der Waals surface area contributed by atoms with E-state index in [1.807, 2.05) is 19.3 Å². The van der Waals surface area contributed by atoms with Crippen LogP contribution in [0.4, 0.5) is 8.78 Å². The molecule has 0 atom stereocenters. The monoisotopic (exact) mass is 342 g/mol. The third-order valence-corrected chi connectivity index (χ3v) is 3.68. The molecule has 3 rings (SSSR count). The minimum absolute atomic E-state index is 0.146. The Morgan fingerprint density at radius 2 is 2.08 bits per heavy atom. The van der Waals surface area contributed by atoms with Crippen molar-refractivity contribution >= 4 is 5.91 Å². The molecule has 0 radical (unpaired) electrons. The van der Waals surface area contributed by atoms with Crippen molar-refractivity contribution in [1.29, 1.82) is 0 Å². The van der Waals surface area contributed by atoms with Crippen molar-refractivity contribution in [2.24, 2.45) is 7.05 Å². The molecule has 2 aromatic heterocycles. The van der Waals surface area contributed by atoms with Crippen LogP contribution in [0.1, 0.15) is 11.1 Å². The first kappa shape index (κ1) is 16.8. The largest absolute Gasteiger partial charge is 0.352 e. The van der Waals surface area contributed by atoms with Gasteiger partial charge in [-0.3, -0.25) is 14.5 Å². The second-order valence-corrected chi connectivity index (χ2v) is 5.64. The number of aromatic nitrogens is 3. The van der Waals surface area contributed by atoms with Gasteiger partial charge < -0.3 is 5.32 Å². The molecular formula is C18H16F2N4O. The highest BCUT2D eigenvalue weighted by molar-refractivity contribution is 5.78. The van der Waals surface area contributed by atoms with E-state index in [9.17, 15) is 13.6 Å². The summed E-state index contributed by atoms with van der Waals surface area (Å²) in [4.78, 5) is 16.3. The van der Waals surface area contributed by atoms with Crippen LogP contribution in [0.15, 0.2) is 48.9 Å². The van der Waals surface area contributed by atoms with Crippen molar-refractivity contribution in [3.63, 3.8) is 0 Å². The number of pyridine rings is 1. The van der Waals surface area contributed by atoms with Crippen LogP contribution >= 0.6 is 0 Å². The summed E-state index contributed by atoms with van der Waals surface area (Å²) in [6.07, 6.45) is 5.07. The predicted octanol–water partition coefficient (Wildman–Crippen LogP) is 2.62. The van der Waals surface area contributed by atoms with Gasteiger partial charge in [-0.15, -0.1) is 0 Å². The van der Waals surface area contributed by atoms with E-state index in [-0.39, 0.29) is 24.4 Å². The lowest BCUT2D eigenvalue weighted by molar-refractivity contribution is -0.120. The third-order valence-electron chi connectivity index (χ3n) is 3.68. The van der Waals surface area contributed by atoms with Gasteiger partial charge in [0, 0.05) is 37.6 Å². The first-order chi connectivity index (χ1) is 12.0. The molecule has 25 heavy (non-hydrogen) atoms. The van der Waals surface area contributed by atoms with Crippen LogP contribution < -0.4 is 5.32 Å². The van der Waals surface area contributed by atoms with E-state index in [0.717, 1.165) is 29.0 Å². The first-order valence-corrected chi connectivity index (χ1v) is 7.66. The molecule has 5 nitrogen and oxygen atoms in total. The van der Waals surface area contributed by atoms with Gasteiger partial charge in [-0.25, -0.2) is 8.78 Å². The number of benzene rings is 1. The summed E-state index contributed by atoms with van der Waals surface area (Å²) in [7, 11) is 1.82. The first-order valence-electron chi connectivity index (χ1n) is 7.66. The molecule has 0 saturated heterocycles. The standard InChI is InChI=1S/C18H16F2N4O/c1-24-11-14(10-23-24)17-6-12(4-5-21-17)9-22-18(25)7-13-2-3-15(19)8-16(13)20/h2-6,8,10-11H,7,9H2,1H3,(H,22,25). The normalized spacial score (nSPS) is 10.7. The van der Waals surface area contributed by atoms with Gasteiger partial charge in [-0.05, 0) is 29.3 Å². The molecule has 0 fully saturated rings. The maximum absolute atomic E-state index is 13.6. The second-order valence-electron chi connectivity index (χ2n) is 5.64. The molecule has 2 heterocycles. The van der Waals surface area contributed by atoms with Crippen LogP contribution in [-0.2, 0) is 24.8 Å². The van der Waals surface area contributed by atoms with Gasteiger partial charge in [-0.1, -0.05) is 6.07 Å². The Morgan fingerprint density at radius 3 is 2.80 bits per heavy atom. The van der Waals surface area contributed by atoms with E-state index in [1.165, 1.54) is 6.07 Å². The summed E-state index contributed by atoms with van der Waals surface area (Å²) in [5.41, 5.74) is 2.65. The Morgan fingerprint density at radius 1 is 1.24 bits per heavy atom. The zero-order chi connectivity index (χ0) is 17.8. The van der Waals surface area contributed by atoms with E-state index in [1.54, 1.807) is 23.1 Å². The van der Waals surface area contributed by atoms with Crippen LogP contribution in [0, 0.1) is 11.6 Å². The van der Waals surface area contributed by atoms with Crippen molar-refractivity contribution in [2.75, 3.05) is 0 Å². The number of halogens is 2. The van der Waals surface area contributed by atoms with E-state index in [0.29, 0.717) is 0 Å². The molecular weight excluding hydrogens is 326 g/mol. The van der Waals surface area contributed by atoms with Gasteiger partial charge >= 0.3 is 0 Å². The number of hydrogen-bond donors (Lipinski definition) is 1. The van der Waals surface area contributed by atoms with E-state index in [2.05, 4.69) is 15.4 Å². The van der Waals surface area contributed by atoms with Gasteiger partial charge in [-0.2, -0.15) is 5.10 Å². The number of hydrogen-bond acceptors (Lipinski definition) is 3. The molecule has 0 saturated carbocycles. The van der Waals surface area contributed by atoms with E-state index in [4.69, 9.17) is 0 Å². The highest BCUT2D eigenvalue weighted by atomic mass is 19.1. The van der Waals surface area contributed by atoms with E-state index >= 15 is 0 Å². The van der Waals surface area contributed by atoms with Crippen LogP contribution in [0.2, 0.25) is 0 Å².